The van der Waals surface area contributed by atoms with Gasteiger partial charge in [0.25, 0.3) is 15.9 Å². The predicted octanol–water partition coefficient (Wildman–Crippen LogP) is 0.800. The van der Waals surface area contributed by atoms with E-state index in [1.54, 1.807) is 0 Å². The van der Waals surface area contributed by atoms with Gasteiger partial charge in [0, 0.05) is 0 Å². The molecule has 3 N–H and O–H groups in total. The summed E-state index contributed by atoms with van der Waals surface area (Å²) in [7, 11) is -4.26. The van der Waals surface area contributed by atoms with Crippen molar-refractivity contribution in [1.29, 1.82) is 0 Å². The molecular weight excluding hydrogens is 358 g/mol. The molecule has 0 spiro atoms. The maximum Gasteiger partial charge on any atom is 0.270 e. The van der Waals surface area contributed by atoms with Gasteiger partial charge in [-0.25, -0.2) is 12.7 Å². The van der Waals surface area contributed by atoms with Crippen LogP contribution in [-0.4, -0.2) is 49.6 Å². The van der Waals surface area contributed by atoms with Gasteiger partial charge in [-0.1, -0.05) is 13.8 Å². The minimum Gasteiger partial charge on any atom is -0.468 e. The second-order valence-corrected chi connectivity index (χ2v) is 8.80. The summed E-state index contributed by atoms with van der Waals surface area (Å²) in [6.45, 7) is 5.90. The molecule has 0 saturated carbocycles. The maximum atomic E-state index is 13.2. The molecule has 1 aromatic heterocycles. The lowest BCUT2D eigenvalue weighted by atomic mass is 10.0. The van der Waals surface area contributed by atoms with Crippen LogP contribution in [0.4, 0.5) is 0 Å². The monoisotopic (exact) mass is 385 g/mol. The Morgan fingerprint density at radius 3 is 2.73 bits per heavy atom. The van der Waals surface area contributed by atoms with E-state index in [-0.39, 0.29) is 35.3 Å². The van der Waals surface area contributed by atoms with Crippen LogP contribution in [0.15, 0.2) is 21.6 Å². The maximum absolute atomic E-state index is 13.2. The van der Waals surface area contributed by atoms with Crippen molar-refractivity contribution in [2.75, 3.05) is 13.1 Å². The summed E-state index contributed by atoms with van der Waals surface area (Å²) in [4.78, 5) is 25.4. The van der Waals surface area contributed by atoms with Gasteiger partial charge in [0.1, 0.15) is 16.7 Å². The molecule has 1 fully saturated rings. The first-order chi connectivity index (χ1) is 12.2. The molecule has 9 heteroatoms. The Morgan fingerprint density at radius 2 is 2.15 bits per heavy atom. The van der Waals surface area contributed by atoms with Crippen molar-refractivity contribution in [3.8, 4) is 0 Å². The number of carbonyl (C=O) groups excluding carboxylic acids is 2. The fourth-order valence-corrected chi connectivity index (χ4v) is 4.90. The summed E-state index contributed by atoms with van der Waals surface area (Å²) >= 11 is 0. The number of Topliss-reactive ketones (excluding diaryl/α,β-unsaturated/α-hetero) is 1. The van der Waals surface area contributed by atoms with Gasteiger partial charge in [0.15, 0.2) is 5.78 Å². The number of nitrogens with two attached hydrogens (primary N) is 1. The van der Waals surface area contributed by atoms with E-state index in [1.807, 2.05) is 13.8 Å². The van der Waals surface area contributed by atoms with Crippen LogP contribution in [0.2, 0.25) is 0 Å². The molecule has 1 amide bonds. The highest BCUT2D eigenvalue weighted by atomic mass is 32.2. The quantitative estimate of drug-likeness (QED) is 0.742. The lowest BCUT2D eigenvalue weighted by Gasteiger charge is -2.31. The highest BCUT2D eigenvalue weighted by Gasteiger charge is 2.42. The average Bonchev–Trinajstić information content (AvgIpc) is 2.88. The molecule has 2 heterocycles. The number of sulfonamides is 1. The van der Waals surface area contributed by atoms with E-state index in [0.29, 0.717) is 23.7 Å². The first-order valence-corrected chi connectivity index (χ1v) is 10.2. The number of furan rings is 1. The van der Waals surface area contributed by atoms with Crippen molar-refractivity contribution in [1.82, 2.24) is 9.62 Å². The molecule has 2 rings (SSSR count). The summed E-state index contributed by atoms with van der Waals surface area (Å²) in [5.41, 5.74) is 5.99. The Kier molecular flexibility index (Phi) is 6.59. The third-order valence-electron chi connectivity index (χ3n) is 4.39. The van der Waals surface area contributed by atoms with E-state index in [9.17, 15) is 18.0 Å². The van der Waals surface area contributed by atoms with Gasteiger partial charge < -0.3 is 15.5 Å². The zero-order chi connectivity index (χ0) is 19.5. The molecular formula is C17H27N3O5S. The first kappa shape index (κ1) is 20.6. The fourth-order valence-electron chi connectivity index (χ4n) is 3.12. The van der Waals surface area contributed by atoms with Crippen molar-refractivity contribution in [2.24, 2.45) is 11.7 Å². The number of aryl methyl sites for hydroxylation is 1. The van der Waals surface area contributed by atoms with Gasteiger partial charge in [-0.15, -0.1) is 0 Å². The average molecular weight is 385 g/mol. The zero-order valence-electron chi connectivity index (χ0n) is 15.4. The highest BCUT2D eigenvalue weighted by Crippen LogP contribution is 2.26. The Labute approximate surface area is 154 Å². The molecule has 1 aromatic rings. The molecule has 1 saturated heterocycles. The number of hydrogen-bond acceptors (Lipinski definition) is 7. The van der Waals surface area contributed by atoms with Crippen molar-refractivity contribution in [3.63, 3.8) is 0 Å². The second kappa shape index (κ2) is 8.32. The van der Waals surface area contributed by atoms with Gasteiger partial charge in [-0.05, 0) is 44.7 Å². The predicted molar refractivity (Wildman–Crippen MR) is 95.8 cm³/mol. The number of nitrogens with one attached hydrogen (secondary N) is 1. The van der Waals surface area contributed by atoms with Gasteiger partial charge >= 0.3 is 0 Å². The largest absolute Gasteiger partial charge is 0.468 e. The molecule has 0 aromatic carbocycles. The zero-order valence-corrected chi connectivity index (χ0v) is 16.2. The second-order valence-electron chi connectivity index (χ2n) is 7.02. The lowest BCUT2D eigenvalue weighted by Crippen LogP contribution is -2.54. The van der Waals surface area contributed by atoms with Crippen molar-refractivity contribution < 1.29 is 22.4 Å². The van der Waals surface area contributed by atoms with Crippen LogP contribution in [0.3, 0.4) is 0 Å². The minimum atomic E-state index is -4.26. The van der Waals surface area contributed by atoms with Crippen LogP contribution in [0.5, 0.6) is 0 Å². The smallest absolute Gasteiger partial charge is 0.270 e. The van der Waals surface area contributed by atoms with Gasteiger partial charge in [-0.3, -0.25) is 9.59 Å². The highest BCUT2D eigenvalue weighted by molar-refractivity contribution is 7.89. The standard InChI is InChI=1S/C17H27N3O5S/c1-11(2)9-13(18)17(22)20(14-5-4-7-19-10-15(14)21)26(23,24)16-6-8-25-12(16)3/h6,8,11,13-14,19H,4-5,7,9-10,18H2,1-3H3/t13-,14?/m0/s1. The third kappa shape index (κ3) is 4.33. The number of rotatable bonds is 6. The normalized spacial score (nSPS) is 20.0. The summed E-state index contributed by atoms with van der Waals surface area (Å²) in [6, 6.07) is -0.769. The summed E-state index contributed by atoms with van der Waals surface area (Å²) in [5, 5.41) is 2.95. The van der Waals surface area contributed by atoms with E-state index in [0.717, 1.165) is 0 Å². The number of ketones is 1. The summed E-state index contributed by atoms with van der Waals surface area (Å²) in [6.07, 6.45) is 2.42. The Balaban J connectivity index is 2.49. The Morgan fingerprint density at radius 1 is 1.46 bits per heavy atom. The van der Waals surface area contributed by atoms with Gasteiger partial charge in [0.2, 0.25) is 0 Å². The molecule has 2 atom stereocenters. The number of nitrogens with zero attached hydrogens (tertiary/aromatic N) is 1. The molecule has 1 aliphatic heterocycles. The van der Waals surface area contributed by atoms with E-state index < -0.39 is 28.0 Å². The molecule has 0 radical (unpaired) electrons. The van der Waals surface area contributed by atoms with E-state index in [2.05, 4.69) is 5.32 Å². The molecule has 0 aliphatic carbocycles. The first-order valence-electron chi connectivity index (χ1n) is 8.77. The van der Waals surface area contributed by atoms with E-state index >= 15 is 0 Å². The third-order valence-corrected chi connectivity index (χ3v) is 6.32. The fraction of sp³-hybridized carbons (Fsp3) is 0.647. The van der Waals surface area contributed by atoms with E-state index in [1.165, 1.54) is 19.3 Å². The number of carbonyl (C=O) groups is 2. The topological polar surface area (TPSA) is 123 Å². The van der Waals surface area contributed by atoms with Crippen molar-refractivity contribution in [3.05, 3.63) is 18.1 Å². The Hall–Kier alpha value is -1.71. The molecule has 8 nitrogen and oxygen atoms in total. The molecule has 1 unspecified atom stereocenters. The van der Waals surface area contributed by atoms with Crippen LogP contribution >= 0.6 is 0 Å². The van der Waals surface area contributed by atoms with Crippen LogP contribution < -0.4 is 11.1 Å². The lowest BCUT2D eigenvalue weighted by molar-refractivity contribution is -0.135. The Bertz CT molecular complexity index is 756. The SMILES string of the molecule is Cc1occc1S(=O)(=O)N(C(=O)[C@@H](N)CC(C)C)C1CCCNCC1=O. The van der Waals surface area contributed by atoms with Crippen molar-refractivity contribution >= 4 is 21.7 Å². The van der Waals surface area contributed by atoms with Crippen LogP contribution in [0, 0.1) is 12.8 Å². The van der Waals surface area contributed by atoms with Crippen LogP contribution in [-0.2, 0) is 19.6 Å². The van der Waals surface area contributed by atoms with Crippen LogP contribution in [0.1, 0.15) is 38.9 Å². The number of amides is 1. The minimum absolute atomic E-state index is 0.0216. The van der Waals surface area contributed by atoms with Crippen LogP contribution in [0.25, 0.3) is 0 Å². The van der Waals surface area contributed by atoms with E-state index in [4.69, 9.17) is 10.2 Å². The molecule has 1 aliphatic rings. The summed E-state index contributed by atoms with van der Waals surface area (Å²) < 4.78 is 32.2. The van der Waals surface area contributed by atoms with Gasteiger partial charge in [0.05, 0.1) is 18.8 Å². The van der Waals surface area contributed by atoms with Gasteiger partial charge in [-0.2, -0.15) is 0 Å². The molecule has 0 bridgehead atoms. The number of hydrogen-bond donors (Lipinski definition) is 2. The summed E-state index contributed by atoms with van der Waals surface area (Å²) in [5.74, 6) is -0.808. The van der Waals surface area contributed by atoms with Crippen molar-refractivity contribution in [2.45, 2.75) is 57.0 Å². The molecule has 146 valence electrons. The molecule has 26 heavy (non-hydrogen) atoms.